The first-order valence-electron chi connectivity index (χ1n) is 6.57. The molecule has 2 rings (SSSR count). The standard InChI is InChI=1S/C15H15Cl3N2O/c1-2-7-19-15-6-5-12(17)14(20-15)9-21-10-3-4-11(16)13(18)8-10/h3-6,8H,2,7,9H2,1H3,(H,19,20). The predicted molar refractivity (Wildman–Crippen MR) is 88.8 cm³/mol. The lowest BCUT2D eigenvalue weighted by Crippen LogP contribution is -2.05. The Morgan fingerprint density at radius 3 is 2.52 bits per heavy atom. The second-order valence-electron chi connectivity index (χ2n) is 4.42. The molecule has 21 heavy (non-hydrogen) atoms. The minimum Gasteiger partial charge on any atom is -0.487 e. The molecule has 0 fully saturated rings. The van der Waals surface area contributed by atoms with E-state index in [2.05, 4.69) is 17.2 Å². The number of pyridine rings is 1. The Balaban J connectivity index is 2.06. The number of ether oxygens (including phenoxy) is 1. The van der Waals surface area contributed by atoms with Crippen molar-refractivity contribution in [3.8, 4) is 5.75 Å². The number of hydrogen-bond acceptors (Lipinski definition) is 3. The smallest absolute Gasteiger partial charge is 0.132 e. The van der Waals surface area contributed by atoms with Crippen molar-refractivity contribution in [3.63, 3.8) is 0 Å². The van der Waals surface area contributed by atoms with Crippen molar-refractivity contribution in [2.75, 3.05) is 11.9 Å². The van der Waals surface area contributed by atoms with Gasteiger partial charge in [-0.3, -0.25) is 0 Å². The van der Waals surface area contributed by atoms with E-state index >= 15 is 0 Å². The van der Waals surface area contributed by atoms with Crippen LogP contribution in [0.3, 0.4) is 0 Å². The lowest BCUT2D eigenvalue weighted by Gasteiger charge is -2.10. The van der Waals surface area contributed by atoms with E-state index in [1.54, 1.807) is 24.3 Å². The average Bonchev–Trinajstić information content (AvgIpc) is 2.48. The van der Waals surface area contributed by atoms with Gasteiger partial charge < -0.3 is 10.1 Å². The van der Waals surface area contributed by atoms with Gasteiger partial charge in [0.1, 0.15) is 18.2 Å². The lowest BCUT2D eigenvalue weighted by molar-refractivity contribution is 0.301. The molecule has 112 valence electrons. The zero-order valence-electron chi connectivity index (χ0n) is 11.5. The average molecular weight is 346 g/mol. The molecule has 1 heterocycles. The summed E-state index contributed by atoms with van der Waals surface area (Å²) in [5, 5.41) is 4.72. The summed E-state index contributed by atoms with van der Waals surface area (Å²) in [5.41, 5.74) is 0.670. The monoisotopic (exact) mass is 344 g/mol. The molecule has 0 aliphatic heterocycles. The van der Waals surface area contributed by atoms with Gasteiger partial charge in [-0.05, 0) is 30.7 Å². The molecule has 0 saturated carbocycles. The van der Waals surface area contributed by atoms with Gasteiger partial charge >= 0.3 is 0 Å². The molecule has 0 aliphatic carbocycles. The molecule has 0 unspecified atom stereocenters. The van der Waals surface area contributed by atoms with Gasteiger partial charge in [0.05, 0.1) is 20.8 Å². The number of hydrogen-bond donors (Lipinski definition) is 1. The van der Waals surface area contributed by atoms with Crippen LogP contribution < -0.4 is 10.1 Å². The van der Waals surface area contributed by atoms with Gasteiger partial charge in [-0.2, -0.15) is 0 Å². The fourth-order valence-corrected chi connectivity index (χ4v) is 2.10. The van der Waals surface area contributed by atoms with Crippen LogP contribution in [-0.2, 0) is 6.61 Å². The topological polar surface area (TPSA) is 34.1 Å². The molecule has 3 nitrogen and oxygen atoms in total. The summed E-state index contributed by atoms with van der Waals surface area (Å²) in [6.45, 7) is 3.22. The van der Waals surface area contributed by atoms with Crippen LogP contribution in [-0.4, -0.2) is 11.5 Å². The van der Waals surface area contributed by atoms with Crippen LogP contribution in [0.25, 0.3) is 0 Å². The van der Waals surface area contributed by atoms with Crippen LogP contribution in [0.15, 0.2) is 30.3 Å². The van der Waals surface area contributed by atoms with Crippen LogP contribution in [0.2, 0.25) is 15.1 Å². The summed E-state index contributed by atoms with van der Waals surface area (Å²) in [6.07, 6.45) is 1.03. The van der Waals surface area contributed by atoms with Crippen LogP contribution in [0.1, 0.15) is 19.0 Å². The van der Waals surface area contributed by atoms with Crippen molar-refractivity contribution in [2.45, 2.75) is 20.0 Å². The van der Waals surface area contributed by atoms with Crippen molar-refractivity contribution in [1.82, 2.24) is 4.98 Å². The second-order valence-corrected chi connectivity index (χ2v) is 5.64. The Hall–Kier alpha value is -1.16. The molecule has 0 atom stereocenters. The Morgan fingerprint density at radius 2 is 1.81 bits per heavy atom. The Bertz CT molecular complexity index is 620. The molecule has 0 aliphatic rings. The first-order valence-corrected chi connectivity index (χ1v) is 7.70. The molecule has 1 aromatic heterocycles. The van der Waals surface area contributed by atoms with Gasteiger partial charge in [-0.15, -0.1) is 0 Å². The van der Waals surface area contributed by atoms with E-state index in [0.29, 0.717) is 26.5 Å². The number of aromatic nitrogens is 1. The van der Waals surface area contributed by atoms with E-state index in [9.17, 15) is 0 Å². The summed E-state index contributed by atoms with van der Waals surface area (Å²) in [7, 11) is 0. The Morgan fingerprint density at radius 1 is 1.05 bits per heavy atom. The van der Waals surface area contributed by atoms with Crippen molar-refractivity contribution >= 4 is 40.6 Å². The van der Waals surface area contributed by atoms with Crippen LogP contribution >= 0.6 is 34.8 Å². The van der Waals surface area contributed by atoms with Gasteiger partial charge in [0, 0.05) is 12.6 Å². The second kappa shape index (κ2) is 7.74. The van der Waals surface area contributed by atoms with E-state index in [1.807, 2.05) is 6.07 Å². The molecule has 0 radical (unpaired) electrons. The molecule has 0 spiro atoms. The van der Waals surface area contributed by atoms with Gasteiger partial charge in [-0.25, -0.2) is 4.98 Å². The van der Waals surface area contributed by atoms with E-state index in [4.69, 9.17) is 39.5 Å². The Labute approximate surface area is 139 Å². The van der Waals surface area contributed by atoms with Gasteiger partial charge in [-0.1, -0.05) is 41.7 Å². The van der Waals surface area contributed by atoms with E-state index in [1.165, 1.54) is 0 Å². The molecule has 0 saturated heterocycles. The minimum atomic E-state index is 0.262. The molecule has 6 heteroatoms. The highest BCUT2D eigenvalue weighted by molar-refractivity contribution is 6.42. The van der Waals surface area contributed by atoms with Crippen molar-refractivity contribution < 1.29 is 4.74 Å². The van der Waals surface area contributed by atoms with Gasteiger partial charge in [0.25, 0.3) is 0 Å². The number of nitrogens with zero attached hydrogens (tertiary/aromatic N) is 1. The molecule has 2 aromatic rings. The molecule has 1 N–H and O–H groups in total. The van der Waals surface area contributed by atoms with E-state index < -0.39 is 0 Å². The zero-order chi connectivity index (χ0) is 15.2. The van der Waals surface area contributed by atoms with Crippen LogP contribution in [0.4, 0.5) is 5.82 Å². The SMILES string of the molecule is CCCNc1ccc(Cl)c(COc2ccc(Cl)c(Cl)c2)n1. The number of halogens is 3. The molecule has 0 bridgehead atoms. The summed E-state index contributed by atoms with van der Waals surface area (Å²) < 4.78 is 5.65. The predicted octanol–water partition coefficient (Wildman–Crippen LogP) is 5.44. The Kier molecular flexibility index (Phi) is 5.97. The maximum atomic E-state index is 6.14. The zero-order valence-corrected chi connectivity index (χ0v) is 13.8. The van der Waals surface area contributed by atoms with Crippen LogP contribution in [0.5, 0.6) is 5.75 Å². The van der Waals surface area contributed by atoms with Crippen molar-refractivity contribution in [3.05, 3.63) is 51.1 Å². The summed E-state index contributed by atoms with van der Waals surface area (Å²) >= 11 is 17.9. The molecular formula is C15H15Cl3N2O. The highest BCUT2D eigenvalue weighted by Gasteiger charge is 2.06. The van der Waals surface area contributed by atoms with Crippen LogP contribution in [0, 0.1) is 0 Å². The summed E-state index contributed by atoms with van der Waals surface area (Å²) in [5.74, 6) is 1.41. The molecule has 1 aromatic carbocycles. The maximum Gasteiger partial charge on any atom is 0.132 e. The van der Waals surface area contributed by atoms with E-state index in [0.717, 1.165) is 18.8 Å². The molecular weight excluding hydrogens is 331 g/mol. The summed E-state index contributed by atoms with van der Waals surface area (Å²) in [4.78, 5) is 4.44. The van der Waals surface area contributed by atoms with Gasteiger partial charge in [0.15, 0.2) is 0 Å². The number of nitrogens with one attached hydrogen (secondary N) is 1. The third-order valence-electron chi connectivity index (χ3n) is 2.74. The molecule has 0 amide bonds. The largest absolute Gasteiger partial charge is 0.487 e. The highest BCUT2D eigenvalue weighted by atomic mass is 35.5. The van der Waals surface area contributed by atoms with Crippen molar-refractivity contribution in [1.29, 1.82) is 0 Å². The number of benzene rings is 1. The quantitative estimate of drug-likeness (QED) is 0.756. The third-order valence-corrected chi connectivity index (χ3v) is 3.82. The first kappa shape index (κ1) is 16.2. The number of rotatable bonds is 6. The lowest BCUT2D eigenvalue weighted by atomic mass is 10.3. The number of anilines is 1. The minimum absolute atomic E-state index is 0.262. The highest BCUT2D eigenvalue weighted by Crippen LogP contribution is 2.27. The fraction of sp³-hybridized carbons (Fsp3) is 0.267. The normalized spacial score (nSPS) is 10.5. The first-order chi connectivity index (χ1) is 10.1. The van der Waals surface area contributed by atoms with Crippen molar-refractivity contribution in [2.24, 2.45) is 0 Å². The maximum absolute atomic E-state index is 6.14. The van der Waals surface area contributed by atoms with E-state index in [-0.39, 0.29) is 6.61 Å². The van der Waals surface area contributed by atoms with Gasteiger partial charge in [0.2, 0.25) is 0 Å². The fourth-order valence-electron chi connectivity index (χ4n) is 1.66. The third kappa shape index (κ3) is 4.67. The summed E-state index contributed by atoms with van der Waals surface area (Å²) in [6, 6.07) is 8.76.